The van der Waals surface area contributed by atoms with Gasteiger partial charge in [0, 0.05) is 23.4 Å². The average molecular weight is 344 g/mol. The number of hydrazine groups is 1. The molecule has 0 radical (unpaired) electrons. The van der Waals surface area contributed by atoms with Crippen molar-refractivity contribution in [1.82, 2.24) is 10.9 Å². The highest BCUT2D eigenvalue weighted by Gasteiger charge is 2.09. The van der Waals surface area contributed by atoms with Crippen molar-refractivity contribution in [2.75, 3.05) is 5.32 Å². The van der Waals surface area contributed by atoms with E-state index < -0.39 is 4.92 Å². The second-order valence-electron chi connectivity index (χ2n) is 5.16. The zero-order valence-corrected chi connectivity index (χ0v) is 13.9. The van der Waals surface area contributed by atoms with E-state index in [1.807, 2.05) is 26.0 Å². The molecule has 3 N–H and O–H groups in total. The van der Waals surface area contributed by atoms with Crippen LogP contribution in [0.25, 0.3) is 0 Å². The summed E-state index contributed by atoms with van der Waals surface area (Å²) in [6, 6.07) is 11.3. The Hall–Kier alpha value is -3.00. The Labute approximate surface area is 144 Å². The normalized spacial score (nSPS) is 9.92. The van der Waals surface area contributed by atoms with Gasteiger partial charge >= 0.3 is 0 Å². The van der Waals surface area contributed by atoms with E-state index in [4.69, 9.17) is 12.2 Å². The van der Waals surface area contributed by atoms with E-state index in [1.54, 1.807) is 6.07 Å². The van der Waals surface area contributed by atoms with Gasteiger partial charge in [0.2, 0.25) is 0 Å². The van der Waals surface area contributed by atoms with Crippen LogP contribution in [0.4, 0.5) is 11.4 Å². The number of hydrogen-bond acceptors (Lipinski definition) is 4. The molecule has 0 bridgehead atoms. The van der Waals surface area contributed by atoms with Crippen LogP contribution in [0.5, 0.6) is 0 Å². The molecule has 0 aliphatic heterocycles. The van der Waals surface area contributed by atoms with Crippen molar-refractivity contribution in [2.24, 2.45) is 0 Å². The van der Waals surface area contributed by atoms with Crippen molar-refractivity contribution in [3.05, 3.63) is 69.3 Å². The van der Waals surface area contributed by atoms with E-state index in [0.717, 1.165) is 11.1 Å². The number of non-ortho nitro benzene ring substituents is 1. The van der Waals surface area contributed by atoms with Crippen LogP contribution in [0.3, 0.4) is 0 Å². The van der Waals surface area contributed by atoms with E-state index in [9.17, 15) is 14.9 Å². The van der Waals surface area contributed by atoms with Crippen LogP contribution in [0.1, 0.15) is 21.5 Å². The van der Waals surface area contributed by atoms with Crippen LogP contribution in [-0.4, -0.2) is 15.9 Å². The number of nitrogens with zero attached hydrogens (tertiary/aromatic N) is 1. The number of hydrogen-bond donors (Lipinski definition) is 3. The van der Waals surface area contributed by atoms with Gasteiger partial charge in [-0.05, 0) is 49.8 Å². The summed E-state index contributed by atoms with van der Waals surface area (Å²) in [6.07, 6.45) is 0. The minimum Gasteiger partial charge on any atom is -0.331 e. The molecule has 0 spiro atoms. The van der Waals surface area contributed by atoms with Crippen LogP contribution in [-0.2, 0) is 0 Å². The fraction of sp³-hybridized carbons (Fsp3) is 0.125. The van der Waals surface area contributed by atoms with E-state index in [-0.39, 0.29) is 16.7 Å². The third-order valence-electron chi connectivity index (χ3n) is 3.25. The maximum Gasteiger partial charge on any atom is 0.269 e. The van der Waals surface area contributed by atoms with Crippen LogP contribution >= 0.6 is 12.2 Å². The molecule has 0 aromatic heterocycles. The number of carbonyl (C=O) groups is 1. The summed E-state index contributed by atoms with van der Waals surface area (Å²) in [7, 11) is 0. The Kier molecular flexibility index (Phi) is 5.43. The second-order valence-corrected chi connectivity index (χ2v) is 5.56. The topological polar surface area (TPSA) is 96.3 Å². The van der Waals surface area contributed by atoms with Gasteiger partial charge in [-0.1, -0.05) is 17.7 Å². The number of anilines is 1. The van der Waals surface area contributed by atoms with Gasteiger partial charge in [-0.15, -0.1) is 0 Å². The van der Waals surface area contributed by atoms with Gasteiger partial charge < -0.3 is 5.32 Å². The number of amides is 1. The molecule has 0 aliphatic rings. The Morgan fingerprint density at radius 1 is 1.08 bits per heavy atom. The molecule has 2 aromatic carbocycles. The fourth-order valence-electron chi connectivity index (χ4n) is 2.08. The third-order valence-corrected chi connectivity index (χ3v) is 3.46. The lowest BCUT2D eigenvalue weighted by Gasteiger charge is -2.12. The number of nitrogens with one attached hydrogen (secondary N) is 3. The van der Waals surface area contributed by atoms with E-state index in [1.165, 1.54) is 24.3 Å². The van der Waals surface area contributed by atoms with Crippen LogP contribution < -0.4 is 16.2 Å². The zero-order chi connectivity index (χ0) is 17.7. The molecular formula is C16H16N4O3S. The predicted molar refractivity (Wildman–Crippen MR) is 95.8 cm³/mol. The lowest BCUT2D eigenvalue weighted by Crippen LogP contribution is -2.43. The monoisotopic (exact) mass is 344 g/mol. The maximum absolute atomic E-state index is 12.1. The van der Waals surface area contributed by atoms with E-state index in [0.29, 0.717) is 11.3 Å². The summed E-state index contributed by atoms with van der Waals surface area (Å²) in [4.78, 5) is 22.2. The van der Waals surface area contributed by atoms with Crippen LogP contribution in [0, 0.1) is 24.0 Å². The average Bonchev–Trinajstić information content (AvgIpc) is 2.53. The smallest absolute Gasteiger partial charge is 0.269 e. The fourth-order valence-corrected chi connectivity index (χ4v) is 2.25. The Morgan fingerprint density at radius 2 is 1.75 bits per heavy atom. The first-order chi connectivity index (χ1) is 11.4. The summed E-state index contributed by atoms with van der Waals surface area (Å²) >= 11 is 5.07. The Bertz CT molecular complexity index is 790. The number of benzene rings is 2. The molecule has 0 saturated heterocycles. The molecule has 8 heteroatoms. The summed E-state index contributed by atoms with van der Waals surface area (Å²) in [5, 5.41) is 13.6. The van der Waals surface area contributed by atoms with Crippen molar-refractivity contribution >= 4 is 34.6 Å². The van der Waals surface area contributed by atoms with Crippen LogP contribution in [0.2, 0.25) is 0 Å². The number of nitro benzene ring substituents is 1. The standard InChI is InChI=1S/C16H16N4O3S/c1-10-3-8-14(11(2)9-10)15(21)18-19-16(24)17-12-4-6-13(7-5-12)20(22)23/h3-9H,1-2H3,(H,18,21)(H2,17,19,24). The van der Waals surface area contributed by atoms with Gasteiger partial charge in [0.1, 0.15) is 0 Å². The molecule has 24 heavy (non-hydrogen) atoms. The maximum atomic E-state index is 12.1. The molecule has 0 heterocycles. The molecule has 0 unspecified atom stereocenters. The van der Waals surface area contributed by atoms with Crippen molar-refractivity contribution in [2.45, 2.75) is 13.8 Å². The molecule has 0 fully saturated rings. The summed E-state index contributed by atoms with van der Waals surface area (Å²) in [5.74, 6) is -0.305. The van der Waals surface area contributed by atoms with Gasteiger partial charge in [-0.2, -0.15) is 0 Å². The minimum atomic E-state index is -0.482. The SMILES string of the molecule is Cc1ccc(C(=O)NNC(=S)Nc2ccc([N+](=O)[O-])cc2)c(C)c1. The molecule has 124 valence electrons. The summed E-state index contributed by atoms with van der Waals surface area (Å²) < 4.78 is 0. The first-order valence-electron chi connectivity index (χ1n) is 7.06. The van der Waals surface area contributed by atoms with Gasteiger partial charge in [-0.25, -0.2) is 0 Å². The number of aryl methyl sites for hydroxylation is 2. The largest absolute Gasteiger partial charge is 0.331 e. The first-order valence-corrected chi connectivity index (χ1v) is 7.46. The summed E-state index contributed by atoms with van der Waals surface area (Å²) in [5.41, 5.74) is 8.15. The van der Waals surface area contributed by atoms with E-state index in [2.05, 4.69) is 16.2 Å². The molecule has 0 saturated carbocycles. The van der Waals surface area contributed by atoms with Crippen molar-refractivity contribution < 1.29 is 9.72 Å². The number of nitro groups is 1. The molecule has 0 aliphatic carbocycles. The predicted octanol–water partition coefficient (Wildman–Crippen LogP) is 2.84. The minimum absolute atomic E-state index is 0.0115. The number of rotatable bonds is 3. The highest BCUT2D eigenvalue weighted by atomic mass is 32.1. The molecule has 7 nitrogen and oxygen atoms in total. The molecule has 2 rings (SSSR count). The van der Waals surface area contributed by atoms with E-state index >= 15 is 0 Å². The molecular weight excluding hydrogens is 328 g/mol. The number of carbonyl (C=O) groups excluding carboxylic acids is 1. The third kappa shape index (κ3) is 4.50. The van der Waals surface area contributed by atoms with Crippen LogP contribution in [0.15, 0.2) is 42.5 Å². The van der Waals surface area contributed by atoms with Crippen molar-refractivity contribution in [3.63, 3.8) is 0 Å². The van der Waals surface area contributed by atoms with Gasteiger partial charge in [0.25, 0.3) is 11.6 Å². The van der Waals surface area contributed by atoms with Gasteiger partial charge in [-0.3, -0.25) is 25.8 Å². The van der Waals surface area contributed by atoms with Crippen molar-refractivity contribution in [1.29, 1.82) is 0 Å². The lowest BCUT2D eigenvalue weighted by atomic mass is 10.1. The van der Waals surface area contributed by atoms with Gasteiger partial charge in [0.05, 0.1) is 4.92 Å². The molecule has 2 aromatic rings. The Balaban J connectivity index is 1.90. The lowest BCUT2D eigenvalue weighted by molar-refractivity contribution is -0.384. The van der Waals surface area contributed by atoms with Crippen molar-refractivity contribution in [3.8, 4) is 0 Å². The number of thiocarbonyl (C=S) groups is 1. The highest BCUT2D eigenvalue weighted by Crippen LogP contribution is 2.15. The highest BCUT2D eigenvalue weighted by molar-refractivity contribution is 7.80. The molecule has 0 atom stereocenters. The summed E-state index contributed by atoms with van der Waals surface area (Å²) in [6.45, 7) is 3.81. The molecule has 1 amide bonds. The first kappa shape index (κ1) is 17.4. The zero-order valence-electron chi connectivity index (χ0n) is 13.1. The second kappa shape index (κ2) is 7.51. The Morgan fingerprint density at radius 3 is 2.33 bits per heavy atom. The quantitative estimate of drug-likeness (QED) is 0.450. The van der Waals surface area contributed by atoms with Gasteiger partial charge in [0.15, 0.2) is 5.11 Å².